The van der Waals surface area contributed by atoms with Crippen LogP contribution in [0.15, 0.2) is 60.8 Å². The Balaban J connectivity index is 1.68. The number of anilines is 1. The van der Waals surface area contributed by atoms with Gasteiger partial charge in [-0.3, -0.25) is 0 Å². The van der Waals surface area contributed by atoms with Crippen molar-refractivity contribution in [3.63, 3.8) is 0 Å². The third kappa shape index (κ3) is 3.30. The SMILES string of the molecule is Cc1ccc(NC(=O)N2CCn3cccc3[C@@H]2c2ccc(F)c(F)c2)cc1. The van der Waals surface area contributed by atoms with Gasteiger partial charge in [-0.25, -0.2) is 13.6 Å². The van der Waals surface area contributed by atoms with Crippen molar-refractivity contribution in [1.82, 2.24) is 9.47 Å². The molecule has 2 heterocycles. The molecule has 0 bridgehead atoms. The fourth-order valence-corrected chi connectivity index (χ4v) is 3.47. The molecule has 4 rings (SSSR count). The van der Waals surface area contributed by atoms with Gasteiger partial charge in [0.15, 0.2) is 11.6 Å². The van der Waals surface area contributed by atoms with E-state index in [-0.39, 0.29) is 6.03 Å². The van der Waals surface area contributed by atoms with Crippen LogP contribution in [-0.2, 0) is 6.54 Å². The molecule has 1 aliphatic rings. The number of amides is 2. The molecule has 0 spiro atoms. The number of fused-ring (bicyclic) bond motifs is 1. The number of carbonyl (C=O) groups excluding carboxylic acids is 1. The highest BCUT2D eigenvalue weighted by Crippen LogP contribution is 2.33. The van der Waals surface area contributed by atoms with Crippen LogP contribution in [0.1, 0.15) is 22.9 Å². The molecule has 4 nitrogen and oxygen atoms in total. The molecule has 0 aliphatic carbocycles. The molecule has 138 valence electrons. The first-order valence-electron chi connectivity index (χ1n) is 8.77. The molecule has 1 aromatic heterocycles. The van der Waals surface area contributed by atoms with Gasteiger partial charge in [-0.05, 0) is 48.9 Å². The Hall–Kier alpha value is -3.15. The van der Waals surface area contributed by atoms with Crippen molar-refractivity contribution < 1.29 is 13.6 Å². The number of urea groups is 1. The zero-order chi connectivity index (χ0) is 19.0. The monoisotopic (exact) mass is 367 g/mol. The molecule has 0 saturated carbocycles. The van der Waals surface area contributed by atoms with Crippen molar-refractivity contribution in [3.05, 3.63) is 89.2 Å². The Morgan fingerprint density at radius 2 is 1.81 bits per heavy atom. The van der Waals surface area contributed by atoms with Crippen LogP contribution >= 0.6 is 0 Å². The lowest BCUT2D eigenvalue weighted by Gasteiger charge is -2.37. The molecule has 6 heteroatoms. The summed E-state index contributed by atoms with van der Waals surface area (Å²) in [6, 6.07) is 14.3. The molecule has 2 amide bonds. The molecule has 0 unspecified atom stereocenters. The maximum atomic E-state index is 13.8. The third-order valence-corrected chi connectivity index (χ3v) is 4.86. The predicted octanol–water partition coefficient (Wildman–Crippen LogP) is 4.71. The lowest BCUT2D eigenvalue weighted by Crippen LogP contribution is -2.44. The fourth-order valence-electron chi connectivity index (χ4n) is 3.47. The summed E-state index contributed by atoms with van der Waals surface area (Å²) in [6.07, 6.45) is 1.93. The second-order valence-electron chi connectivity index (χ2n) is 6.69. The lowest BCUT2D eigenvalue weighted by molar-refractivity contribution is 0.181. The molecule has 1 atom stereocenters. The predicted molar refractivity (Wildman–Crippen MR) is 99.5 cm³/mol. The highest BCUT2D eigenvalue weighted by Gasteiger charge is 2.32. The fraction of sp³-hybridized carbons (Fsp3) is 0.190. The summed E-state index contributed by atoms with van der Waals surface area (Å²) >= 11 is 0. The third-order valence-electron chi connectivity index (χ3n) is 4.86. The topological polar surface area (TPSA) is 37.3 Å². The zero-order valence-corrected chi connectivity index (χ0v) is 14.8. The van der Waals surface area contributed by atoms with Crippen LogP contribution in [0.3, 0.4) is 0 Å². The van der Waals surface area contributed by atoms with E-state index in [2.05, 4.69) is 5.32 Å². The highest BCUT2D eigenvalue weighted by molar-refractivity contribution is 5.90. The molecule has 1 aliphatic heterocycles. The number of benzene rings is 2. The molecule has 3 aromatic rings. The molecule has 0 saturated heterocycles. The average molecular weight is 367 g/mol. The van der Waals surface area contributed by atoms with Crippen LogP contribution in [0.4, 0.5) is 19.3 Å². The molecular weight excluding hydrogens is 348 g/mol. The summed E-state index contributed by atoms with van der Waals surface area (Å²) in [6.45, 7) is 3.08. The Morgan fingerprint density at radius 3 is 2.56 bits per heavy atom. The highest BCUT2D eigenvalue weighted by atomic mass is 19.2. The summed E-state index contributed by atoms with van der Waals surface area (Å²) in [5.74, 6) is -1.82. The number of hydrogen-bond donors (Lipinski definition) is 1. The summed E-state index contributed by atoms with van der Waals surface area (Å²) in [7, 11) is 0. The van der Waals surface area contributed by atoms with E-state index in [1.165, 1.54) is 6.07 Å². The van der Waals surface area contributed by atoms with E-state index < -0.39 is 17.7 Å². The van der Waals surface area contributed by atoms with Gasteiger partial charge in [0.05, 0.1) is 6.04 Å². The van der Waals surface area contributed by atoms with Crippen LogP contribution in [-0.4, -0.2) is 22.0 Å². The van der Waals surface area contributed by atoms with Gasteiger partial charge in [-0.2, -0.15) is 0 Å². The molecule has 0 radical (unpaired) electrons. The summed E-state index contributed by atoms with van der Waals surface area (Å²) in [5, 5.41) is 2.90. The maximum absolute atomic E-state index is 13.8. The Kier molecular flexibility index (Phi) is 4.39. The van der Waals surface area contributed by atoms with Crippen LogP contribution in [0, 0.1) is 18.6 Å². The second-order valence-corrected chi connectivity index (χ2v) is 6.69. The largest absolute Gasteiger partial charge is 0.348 e. The minimum absolute atomic E-state index is 0.277. The van der Waals surface area contributed by atoms with Gasteiger partial charge in [-0.1, -0.05) is 23.8 Å². The smallest absolute Gasteiger partial charge is 0.322 e. The summed E-state index contributed by atoms with van der Waals surface area (Å²) in [5.41, 5.74) is 3.19. The van der Waals surface area contributed by atoms with Crippen LogP contribution < -0.4 is 5.32 Å². The molecular formula is C21H19F2N3O. The van der Waals surface area contributed by atoms with Crippen molar-refractivity contribution in [2.75, 3.05) is 11.9 Å². The van der Waals surface area contributed by atoms with Gasteiger partial charge in [0.1, 0.15) is 0 Å². The standard InChI is InChI=1S/C21H19F2N3O/c1-14-4-7-16(8-5-14)24-21(27)26-12-11-25-10-2-3-19(25)20(26)15-6-9-17(22)18(23)13-15/h2-10,13,20H,11-12H2,1H3,(H,24,27)/t20-/m0/s1. The van der Waals surface area contributed by atoms with E-state index in [1.54, 1.807) is 4.90 Å². The number of carbonyl (C=O) groups is 1. The Morgan fingerprint density at radius 1 is 1.04 bits per heavy atom. The second kappa shape index (κ2) is 6.87. The number of aryl methyl sites for hydroxylation is 1. The first-order valence-corrected chi connectivity index (χ1v) is 8.77. The summed E-state index contributed by atoms with van der Waals surface area (Å²) in [4.78, 5) is 14.6. The van der Waals surface area contributed by atoms with Crippen molar-refractivity contribution >= 4 is 11.7 Å². The van der Waals surface area contributed by atoms with Gasteiger partial charge in [0.2, 0.25) is 0 Å². The number of nitrogens with one attached hydrogen (secondary N) is 1. The van der Waals surface area contributed by atoms with Gasteiger partial charge < -0.3 is 14.8 Å². The number of nitrogens with zero attached hydrogens (tertiary/aromatic N) is 2. The van der Waals surface area contributed by atoms with E-state index in [0.29, 0.717) is 24.3 Å². The molecule has 1 N–H and O–H groups in total. The van der Waals surface area contributed by atoms with Crippen molar-refractivity contribution in [3.8, 4) is 0 Å². The van der Waals surface area contributed by atoms with E-state index in [1.807, 2.05) is 54.1 Å². The number of aromatic nitrogens is 1. The normalized spacial score (nSPS) is 16.1. The molecule has 27 heavy (non-hydrogen) atoms. The zero-order valence-electron chi connectivity index (χ0n) is 14.8. The van der Waals surface area contributed by atoms with Gasteiger partial charge in [-0.15, -0.1) is 0 Å². The van der Waals surface area contributed by atoms with Crippen molar-refractivity contribution in [1.29, 1.82) is 0 Å². The van der Waals surface area contributed by atoms with E-state index in [4.69, 9.17) is 0 Å². The van der Waals surface area contributed by atoms with Crippen LogP contribution in [0.25, 0.3) is 0 Å². The minimum atomic E-state index is -0.921. The average Bonchev–Trinajstić information content (AvgIpc) is 3.14. The number of halogens is 2. The van der Waals surface area contributed by atoms with Crippen LogP contribution in [0.5, 0.6) is 0 Å². The summed E-state index contributed by atoms with van der Waals surface area (Å²) < 4.78 is 29.3. The molecule has 0 fully saturated rings. The van der Waals surface area contributed by atoms with Gasteiger partial charge >= 0.3 is 6.03 Å². The van der Waals surface area contributed by atoms with Gasteiger partial charge in [0, 0.05) is 30.7 Å². The first-order chi connectivity index (χ1) is 13.0. The molecule has 2 aromatic carbocycles. The Bertz CT molecular complexity index is 981. The maximum Gasteiger partial charge on any atom is 0.322 e. The number of rotatable bonds is 2. The van der Waals surface area contributed by atoms with E-state index in [0.717, 1.165) is 23.4 Å². The van der Waals surface area contributed by atoms with E-state index >= 15 is 0 Å². The van der Waals surface area contributed by atoms with Crippen molar-refractivity contribution in [2.24, 2.45) is 0 Å². The van der Waals surface area contributed by atoms with E-state index in [9.17, 15) is 13.6 Å². The lowest BCUT2D eigenvalue weighted by atomic mass is 10.00. The first kappa shape index (κ1) is 17.3. The van der Waals surface area contributed by atoms with Crippen LogP contribution in [0.2, 0.25) is 0 Å². The number of hydrogen-bond acceptors (Lipinski definition) is 1. The van der Waals surface area contributed by atoms with Crippen molar-refractivity contribution in [2.45, 2.75) is 19.5 Å². The van der Waals surface area contributed by atoms with Gasteiger partial charge in [0.25, 0.3) is 0 Å². The quantitative estimate of drug-likeness (QED) is 0.700. The minimum Gasteiger partial charge on any atom is -0.348 e. The Labute approximate surface area is 156 Å².